The molecule has 16 heavy (non-hydrogen) atoms. The van der Waals surface area contributed by atoms with Gasteiger partial charge < -0.3 is 0 Å². The molecule has 0 amide bonds. The first-order valence-electron chi connectivity index (χ1n) is 5.99. The van der Waals surface area contributed by atoms with Crippen LogP contribution in [-0.2, 0) is 0 Å². The Bertz CT molecular complexity index is 309. The molecule has 2 unspecified atom stereocenters. The van der Waals surface area contributed by atoms with Crippen molar-refractivity contribution in [3.05, 3.63) is 34.3 Å². The number of benzene rings is 1. The second-order valence-electron chi connectivity index (χ2n) is 4.50. The van der Waals surface area contributed by atoms with E-state index in [1.54, 1.807) is 0 Å². The van der Waals surface area contributed by atoms with Crippen molar-refractivity contribution in [3.63, 3.8) is 0 Å². The first kappa shape index (κ1) is 14.2. The molecule has 0 nitrogen and oxygen atoms in total. The number of hydrogen-bond donors (Lipinski definition) is 0. The normalized spacial score (nSPS) is 14.8. The van der Waals surface area contributed by atoms with Crippen molar-refractivity contribution in [1.29, 1.82) is 0 Å². The van der Waals surface area contributed by atoms with Gasteiger partial charge in [0.25, 0.3) is 0 Å². The molecule has 0 saturated carbocycles. The van der Waals surface area contributed by atoms with Gasteiger partial charge in [-0.1, -0.05) is 76.7 Å². The highest BCUT2D eigenvalue weighted by atomic mass is 79.9. The zero-order chi connectivity index (χ0) is 12.0. The van der Waals surface area contributed by atoms with E-state index in [0.29, 0.717) is 5.92 Å². The van der Waals surface area contributed by atoms with E-state index >= 15 is 0 Å². The van der Waals surface area contributed by atoms with E-state index in [1.165, 1.54) is 29.3 Å². The van der Waals surface area contributed by atoms with E-state index in [9.17, 15) is 0 Å². The van der Waals surface area contributed by atoms with Crippen LogP contribution in [0.4, 0.5) is 0 Å². The zero-order valence-corrected chi connectivity index (χ0v) is 13.2. The monoisotopic (exact) mass is 346 g/mol. The number of rotatable bonds is 6. The van der Waals surface area contributed by atoms with Crippen LogP contribution in [-0.4, -0.2) is 5.33 Å². The lowest BCUT2D eigenvalue weighted by molar-refractivity contribution is 0.452. The predicted molar refractivity (Wildman–Crippen MR) is 79.4 cm³/mol. The molecule has 0 aliphatic carbocycles. The largest absolute Gasteiger partial charge is 0.0921 e. The van der Waals surface area contributed by atoms with Crippen molar-refractivity contribution in [3.8, 4) is 0 Å². The predicted octanol–water partition coefficient (Wildman–Crippen LogP) is 5.75. The highest BCUT2D eigenvalue weighted by Crippen LogP contribution is 2.32. The SMILES string of the molecule is CCCC(C)CC(CBr)c1ccccc1Br. The van der Waals surface area contributed by atoms with Crippen LogP contribution >= 0.6 is 31.9 Å². The minimum atomic E-state index is 0.622. The van der Waals surface area contributed by atoms with Gasteiger partial charge in [-0.2, -0.15) is 0 Å². The maximum atomic E-state index is 3.65. The Hall–Kier alpha value is 0.180. The third-order valence-corrected chi connectivity index (χ3v) is 4.50. The molecule has 90 valence electrons. The van der Waals surface area contributed by atoms with Gasteiger partial charge in [-0.15, -0.1) is 0 Å². The Morgan fingerprint density at radius 1 is 1.25 bits per heavy atom. The maximum Gasteiger partial charge on any atom is 0.0210 e. The van der Waals surface area contributed by atoms with E-state index < -0.39 is 0 Å². The van der Waals surface area contributed by atoms with Gasteiger partial charge in [0.1, 0.15) is 0 Å². The summed E-state index contributed by atoms with van der Waals surface area (Å²) in [5, 5.41) is 1.05. The van der Waals surface area contributed by atoms with Gasteiger partial charge in [0.15, 0.2) is 0 Å². The van der Waals surface area contributed by atoms with Crippen LogP contribution in [0.1, 0.15) is 44.6 Å². The standard InChI is InChI=1S/C14H20Br2/c1-3-6-11(2)9-12(10-15)13-7-4-5-8-14(13)16/h4-5,7-8,11-12H,3,6,9-10H2,1-2H3. The summed E-state index contributed by atoms with van der Waals surface area (Å²) >= 11 is 7.29. The van der Waals surface area contributed by atoms with Gasteiger partial charge in [0.2, 0.25) is 0 Å². The molecule has 0 heterocycles. The summed E-state index contributed by atoms with van der Waals surface area (Å²) in [5.74, 6) is 1.43. The molecule has 0 radical (unpaired) electrons. The van der Waals surface area contributed by atoms with Crippen LogP contribution in [0.3, 0.4) is 0 Å². The summed E-state index contributed by atoms with van der Waals surface area (Å²) in [6, 6.07) is 8.57. The summed E-state index contributed by atoms with van der Waals surface area (Å²) in [6.07, 6.45) is 3.88. The molecular formula is C14H20Br2. The van der Waals surface area contributed by atoms with Crippen molar-refractivity contribution in [1.82, 2.24) is 0 Å². The van der Waals surface area contributed by atoms with Gasteiger partial charge in [0.05, 0.1) is 0 Å². The summed E-state index contributed by atoms with van der Waals surface area (Å²) in [4.78, 5) is 0. The van der Waals surface area contributed by atoms with Gasteiger partial charge in [-0.25, -0.2) is 0 Å². The minimum Gasteiger partial charge on any atom is -0.0921 e. The molecule has 1 aromatic rings. The highest BCUT2D eigenvalue weighted by Gasteiger charge is 2.15. The van der Waals surface area contributed by atoms with Crippen molar-refractivity contribution in [2.45, 2.75) is 39.0 Å². The fourth-order valence-electron chi connectivity index (χ4n) is 2.18. The number of hydrogen-bond acceptors (Lipinski definition) is 0. The highest BCUT2D eigenvalue weighted by molar-refractivity contribution is 9.10. The summed E-state index contributed by atoms with van der Waals surface area (Å²) < 4.78 is 1.24. The van der Waals surface area contributed by atoms with Crippen LogP contribution in [0, 0.1) is 5.92 Å². The van der Waals surface area contributed by atoms with Crippen molar-refractivity contribution >= 4 is 31.9 Å². The molecule has 0 saturated heterocycles. The van der Waals surface area contributed by atoms with Crippen LogP contribution in [0.2, 0.25) is 0 Å². The molecule has 1 rings (SSSR count). The molecule has 0 aromatic heterocycles. The van der Waals surface area contributed by atoms with Crippen LogP contribution < -0.4 is 0 Å². The molecule has 0 fully saturated rings. The van der Waals surface area contributed by atoms with Crippen molar-refractivity contribution in [2.24, 2.45) is 5.92 Å². The second kappa shape index (κ2) is 7.50. The third kappa shape index (κ3) is 4.21. The first-order chi connectivity index (χ1) is 7.69. The Morgan fingerprint density at radius 2 is 1.94 bits per heavy atom. The minimum absolute atomic E-state index is 0.622. The molecule has 0 aliphatic rings. The smallest absolute Gasteiger partial charge is 0.0210 e. The van der Waals surface area contributed by atoms with Gasteiger partial charge in [0, 0.05) is 9.80 Å². The van der Waals surface area contributed by atoms with E-state index in [1.807, 2.05) is 0 Å². The molecule has 0 bridgehead atoms. The van der Waals surface area contributed by atoms with Crippen LogP contribution in [0.25, 0.3) is 0 Å². The lowest BCUT2D eigenvalue weighted by Crippen LogP contribution is -2.07. The Kier molecular flexibility index (Phi) is 6.67. The van der Waals surface area contributed by atoms with Gasteiger partial charge >= 0.3 is 0 Å². The topological polar surface area (TPSA) is 0 Å². The quantitative estimate of drug-likeness (QED) is 0.574. The third-order valence-electron chi connectivity index (χ3n) is 3.00. The van der Waals surface area contributed by atoms with Gasteiger partial charge in [-0.05, 0) is 29.9 Å². The van der Waals surface area contributed by atoms with Crippen LogP contribution in [0.15, 0.2) is 28.7 Å². The maximum absolute atomic E-state index is 3.65. The summed E-state index contributed by atoms with van der Waals surface area (Å²) in [6.45, 7) is 4.62. The number of alkyl halides is 1. The molecule has 0 spiro atoms. The molecule has 0 N–H and O–H groups in total. The molecule has 1 aromatic carbocycles. The second-order valence-corrected chi connectivity index (χ2v) is 6.00. The Balaban J connectivity index is 2.71. The van der Waals surface area contributed by atoms with E-state index in [2.05, 4.69) is 70.0 Å². The zero-order valence-electron chi connectivity index (χ0n) is 10.0. The molecule has 2 atom stereocenters. The Morgan fingerprint density at radius 3 is 2.50 bits per heavy atom. The fourth-order valence-corrected chi connectivity index (χ4v) is 3.40. The lowest BCUT2D eigenvalue weighted by Gasteiger charge is -2.20. The average Bonchev–Trinajstić information content (AvgIpc) is 2.27. The Labute approximate surface area is 116 Å². The summed E-state index contributed by atoms with van der Waals surface area (Å²) in [5.41, 5.74) is 1.43. The van der Waals surface area contributed by atoms with Gasteiger partial charge in [-0.3, -0.25) is 0 Å². The van der Waals surface area contributed by atoms with E-state index in [-0.39, 0.29) is 0 Å². The molecular weight excluding hydrogens is 328 g/mol. The van der Waals surface area contributed by atoms with Crippen molar-refractivity contribution < 1.29 is 0 Å². The van der Waals surface area contributed by atoms with E-state index in [0.717, 1.165) is 11.2 Å². The fraction of sp³-hybridized carbons (Fsp3) is 0.571. The van der Waals surface area contributed by atoms with Crippen LogP contribution in [0.5, 0.6) is 0 Å². The van der Waals surface area contributed by atoms with Crippen molar-refractivity contribution in [2.75, 3.05) is 5.33 Å². The number of halogens is 2. The molecule has 0 aliphatic heterocycles. The lowest BCUT2D eigenvalue weighted by atomic mass is 9.89. The first-order valence-corrected chi connectivity index (χ1v) is 7.90. The van der Waals surface area contributed by atoms with E-state index in [4.69, 9.17) is 0 Å². The average molecular weight is 348 g/mol. The summed E-state index contributed by atoms with van der Waals surface area (Å²) in [7, 11) is 0. The molecule has 2 heteroatoms.